The molecular weight excluding hydrogens is 286 g/mol. The average molecular weight is 292 g/mol. The summed E-state index contributed by atoms with van der Waals surface area (Å²) in [5.74, 6) is -8.40. The summed E-state index contributed by atoms with van der Waals surface area (Å²) in [5, 5.41) is 0.0522. The number of aryl methyl sites for hydroxylation is 1. The average Bonchev–Trinajstić information content (AvgIpc) is 2.34. The van der Waals surface area contributed by atoms with Gasteiger partial charge < -0.3 is 4.74 Å². The smallest absolute Gasteiger partial charge is 0.255 e. The summed E-state index contributed by atoms with van der Waals surface area (Å²) in [7, 11) is 0. The molecule has 2 nitrogen and oxygen atoms in total. The van der Waals surface area contributed by atoms with E-state index in [1.807, 2.05) is 0 Å². The number of pyridine rings is 1. The van der Waals surface area contributed by atoms with Crippen molar-refractivity contribution in [2.75, 3.05) is 0 Å². The molecule has 0 radical (unpaired) electrons. The Kier molecular flexibility index (Phi) is 3.61. The van der Waals surface area contributed by atoms with Crippen molar-refractivity contribution < 1.29 is 22.3 Å². The third kappa shape index (κ3) is 2.63. The van der Waals surface area contributed by atoms with Gasteiger partial charge in [0.15, 0.2) is 0 Å². The van der Waals surface area contributed by atoms with E-state index in [-0.39, 0.29) is 10.8 Å². The summed E-state index contributed by atoms with van der Waals surface area (Å²) in [5.41, 5.74) is 0.783. The maximum absolute atomic E-state index is 13.3. The van der Waals surface area contributed by atoms with Crippen LogP contribution in [0.5, 0.6) is 11.5 Å². The van der Waals surface area contributed by atoms with Crippen LogP contribution in [0.1, 0.15) is 5.56 Å². The van der Waals surface area contributed by atoms with Gasteiger partial charge in [-0.05, 0) is 24.6 Å². The van der Waals surface area contributed by atoms with Crippen molar-refractivity contribution in [1.82, 2.24) is 4.98 Å². The first-order valence-corrected chi connectivity index (χ1v) is 5.42. The van der Waals surface area contributed by atoms with Gasteiger partial charge in [-0.1, -0.05) is 17.7 Å². The SMILES string of the molecule is Cc1ccc(Oc2c(F)c(F)nc(F)c2F)c(Cl)c1. The zero-order valence-corrected chi connectivity index (χ0v) is 10.2. The number of benzene rings is 1. The summed E-state index contributed by atoms with van der Waals surface area (Å²) >= 11 is 5.79. The largest absolute Gasteiger partial charge is 0.449 e. The van der Waals surface area contributed by atoms with Gasteiger partial charge in [-0.15, -0.1) is 0 Å². The highest BCUT2D eigenvalue weighted by Crippen LogP contribution is 2.33. The summed E-state index contributed by atoms with van der Waals surface area (Å²) in [6.07, 6.45) is 0. The standard InChI is InChI=1S/C12H6ClF4NO/c1-5-2-3-7(6(13)4-5)19-10-8(14)11(16)18-12(17)9(10)15/h2-4H,1H3. The molecule has 0 saturated carbocycles. The van der Waals surface area contributed by atoms with E-state index >= 15 is 0 Å². The number of rotatable bonds is 2. The van der Waals surface area contributed by atoms with Crippen LogP contribution in [0.2, 0.25) is 5.02 Å². The molecule has 19 heavy (non-hydrogen) atoms. The minimum atomic E-state index is -1.79. The molecule has 0 aliphatic heterocycles. The molecule has 1 aromatic heterocycles. The highest BCUT2D eigenvalue weighted by Gasteiger charge is 2.23. The second-order valence-corrected chi connectivity index (χ2v) is 4.09. The van der Waals surface area contributed by atoms with Gasteiger partial charge in [-0.3, -0.25) is 0 Å². The molecular formula is C12H6ClF4NO. The third-order valence-corrected chi connectivity index (χ3v) is 2.55. The van der Waals surface area contributed by atoms with Crippen LogP contribution in [0, 0.1) is 30.5 Å². The Morgan fingerprint density at radius 2 is 1.63 bits per heavy atom. The molecule has 0 spiro atoms. The molecule has 2 rings (SSSR count). The minimum Gasteiger partial charge on any atom is -0.449 e. The van der Waals surface area contributed by atoms with Crippen LogP contribution in [-0.4, -0.2) is 4.98 Å². The van der Waals surface area contributed by atoms with E-state index in [0.717, 1.165) is 5.56 Å². The van der Waals surface area contributed by atoms with Gasteiger partial charge in [0.25, 0.3) is 11.9 Å². The van der Waals surface area contributed by atoms with E-state index in [1.165, 1.54) is 12.1 Å². The molecule has 0 unspecified atom stereocenters. The molecule has 1 heterocycles. The molecule has 100 valence electrons. The molecule has 0 amide bonds. The first-order chi connectivity index (χ1) is 8.90. The van der Waals surface area contributed by atoms with Crippen LogP contribution in [0.15, 0.2) is 18.2 Å². The molecule has 0 saturated heterocycles. The quantitative estimate of drug-likeness (QED) is 0.604. The molecule has 0 bridgehead atoms. The Balaban J connectivity index is 2.49. The van der Waals surface area contributed by atoms with Gasteiger partial charge >= 0.3 is 0 Å². The lowest BCUT2D eigenvalue weighted by Gasteiger charge is -2.10. The van der Waals surface area contributed by atoms with Gasteiger partial charge in [-0.25, -0.2) is 0 Å². The Morgan fingerprint density at radius 1 is 1.05 bits per heavy atom. The van der Waals surface area contributed by atoms with Crippen LogP contribution < -0.4 is 4.74 Å². The van der Waals surface area contributed by atoms with E-state index in [4.69, 9.17) is 16.3 Å². The Labute approximate surface area is 110 Å². The number of nitrogens with zero attached hydrogens (tertiary/aromatic N) is 1. The third-order valence-electron chi connectivity index (χ3n) is 2.26. The van der Waals surface area contributed by atoms with Crippen molar-refractivity contribution in [3.05, 3.63) is 52.3 Å². The normalized spacial score (nSPS) is 10.6. The lowest BCUT2D eigenvalue weighted by molar-refractivity contribution is 0.343. The number of hydrogen-bond acceptors (Lipinski definition) is 2. The predicted molar refractivity (Wildman–Crippen MR) is 60.3 cm³/mol. The van der Waals surface area contributed by atoms with Crippen LogP contribution in [0.3, 0.4) is 0 Å². The van der Waals surface area contributed by atoms with Crippen molar-refractivity contribution in [1.29, 1.82) is 0 Å². The summed E-state index contributed by atoms with van der Waals surface area (Å²) in [4.78, 5) is 2.42. The van der Waals surface area contributed by atoms with Gasteiger partial charge in [0.2, 0.25) is 17.4 Å². The Morgan fingerprint density at radius 3 is 2.16 bits per heavy atom. The fourth-order valence-corrected chi connectivity index (χ4v) is 1.63. The van der Waals surface area contributed by atoms with Crippen molar-refractivity contribution in [2.45, 2.75) is 6.92 Å². The van der Waals surface area contributed by atoms with Gasteiger partial charge in [0.05, 0.1) is 5.02 Å². The second kappa shape index (κ2) is 5.05. The minimum absolute atomic E-state index is 0.0522. The zero-order chi connectivity index (χ0) is 14.2. The van der Waals surface area contributed by atoms with Crippen molar-refractivity contribution in [2.24, 2.45) is 0 Å². The zero-order valence-electron chi connectivity index (χ0n) is 9.48. The van der Waals surface area contributed by atoms with Gasteiger partial charge in [0, 0.05) is 0 Å². The van der Waals surface area contributed by atoms with E-state index < -0.39 is 29.3 Å². The molecule has 0 N–H and O–H groups in total. The monoisotopic (exact) mass is 291 g/mol. The molecule has 7 heteroatoms. The first-order valence-electron chi connectivity index (χ1n) is 5.04. The highest BCUT2D eigenvalue weighted by atomic mass is 35.5. The van der Waals surface area contributed by atoms with E-state index in [1.54, 1.807) is 13.0 Å². The molecule has 2 aromatic rings. The van der Waals surface area contributed by atoms with Crippen molar-refractivity contribution >= 4 is 11.6 Å². The Hall–Kier alpha value is -1.82. The summed E-state index contributed by atoms with van der Waals surface area (Å²) in [6, 6.07) is 4.36. The van der Waals surface area contributed by atoms with Crippen molar-refractivity contribution in [3.8, 4) is 11.5 Å². The number of halogens is 5. The van der Waals surface area contributed by atoms with Crippen LogP contribution in [0.25, 0.3) is 0 Å². The molecule has 0 atom stereocenters. The Bertz CT molecular complexity index is 622. The van der Waals surface area contributed by atoms with Gasteiger partial charge in [-0.2, -0.15) is 22.5 Å². The lowest BCUT2D eigenvalue weighted by atomic mass is 10.2. The number of ether oxygens (including phenoxy) is 1. The molecule has 0 fully saturated rings. The maximum Gasteiger partial charge on any atom is 0.255 e. The molecule has 0 aliphatic rings. The van der Waals surface area contributed by atoms with Crippen LogP contribution >= 0.6 is 11.6 Å². The predicted octanol–water partition coefficient (Wildman–Crippen LogP) is 4.39. The van der Waals surface area contributed by atoms with E-state index in [2.05, 4.69) is 4.98 Å². The van der Waals surface area contributed by atoms with Crippen LogP contribution in [-0.2, 0) is 0 Å². The van der Waals surface area contributed by atoms with Crippen LogP contribution in [0.4, 0.5) is 17.6 Å². The highest BCUT2D eigenvalue weighted by molar-refractivity contribution is 6.32. The summed E-state index contributed by atoms with van der Waals surface area (Å²) in [6.45, 7) is 1.74. The lowest BCUT2D eigenvalue weighted by Crippen LogP contribution is -2.03. The fraction of sp³-hybridized carbons (Fsp3) is 0.0833. The fourth-order valence-electron chi connectivity index (χ4n) is 1.36. The molecule has 0 aliphatic carbocycles. The number of aromatic nitrogens is 1. The maximum atomic E-state index is 13.3. The van der Waals surface area contributed by atoms with Crippen molar-refractivity contribution in [3.63, 3.8) is 0 Å². The van der Waals surface area contributed by atoms with E-state index in [9.17, 15) is 17.6 Å². The summed E-state index contributed by atoms with van der Waals surface area (Å²) < 4.78 is 57.2. The number of hydrogen-bond donors (Lipinski definition) is 0. The first kappa shape index (κ1) is 13.6. The van der Waals surface area contributed by atoms with E-state index in [0.29, 0.717) is 0 Å². The second-order valence-electron chi connectivity index (χ2n) is 3.69. The van der Waals surface area contributed by atoms with Gasteiger partial charge in [0.1, 0.15) is 5.75 Å². The topological polar surface area (TPSA) is 22.1 Å². The molecule has 1 aromatic carbocycles.